The second-order valence-corrected chi connectivity index (χ2v) is 6.75. The highest BCUT2D eigenvalue weighted by Crippen LogP contribution is 2.25. The molecule has 1 N–H and O–H groups in total. The first-order chi connectivity index (χ1) is 11.6. The van der Waals surface area contributed by atoms with Crippen molar-refractivity contribution in [1.82, 2.24) is 10.2 Å². The van der Waals surface area contributed by atoms with Gasteiger partial charge in [-0.1, -0.05) is 48.2 Å². The molecule has 2 rings (SSSR count). The summed E-state index contributed by atoms with van der Waals surface area (Å²) in [5, 5.41) is 10.9. The molecule has 128 valence electrons. The number of anilines is 1. The molecule has 1 aromatic carbocycles. The zero-order chi connectivity index (χ0) is 17.4. The van der Waals surface area contributed by atoms with E-state index in [9.17, 15) is 9.59 Å². The maximum Gasteiger partial charge on any atom is 0.316 e. The molecule has 1 atom stereocenters. The molecule has 0 aliphatic carbocycles. The van der Waals surface area contributed by atoms with Gasteiger partial charge in [-0.15, -0.1) is 10.2 Å². The summed E-state index contributed by atoms with van der Waals surface area (Å²) in [6, 6.07) is 9.15. The number of nitrogens with one attached hydrogen (secondary N) is 1. The van der Waals surface area contributed by atoms with Crippen molar-refractivity contribution < 1.29 is 19.1 Å². The van der Waals surface area contributed by atoms with Crippen molar-refractivity contribution in [2.75, 3.05) is 18.2 Å². The lowest BCUT2D eigenvalue weighted by Gasteiger charge is -2.16. The number of nitrogens with zero attached hydrogens (tertiary/aromatic N) is 2. The van der Waals surface area contributed by atoms with Crippen LogP contribution in [-0.2, 0) is 14.3 Å². The fourth-order valence-corrected chi connectivity index (χ4v) is 3.26. The molecule has 0 aliphatic rings. The third kappa shape index (κ3) is 5.50. The smallest absolute Gasteiger partial charge is 0.316 e. The third-order valence-electron chi connectivity index (χ3n) is 2.86. The number of benzene rings is 1. The number of carbonyl (C=O) groups is 2. The molecule has 0 spiro atoms. The topological polar surface area (TPSA) is 90.4 Å². The Morgan fingerprint density at radius 2 is 2.04 bits per heavy atom. The Kier molecular flexibility index (Phi) is 7.01. The Morgan fingerprint density at radius 3 is 2.71 bits per heavy atom. The summed E-state index contributed by atoms with van der Waals surface area (Å²) >= 11 is 2.40. The van der Waals surface area contributed by atoms with Crippen molar-refractivity contribution in [3.8, 4) is 5.75 Å². The van der Waals surface area contributed by atoms with Gasteiger partial charge in [-0.3, -0.25) is 14.9 Å². The van der Waals surface area contributed by atoms with Crippen LogP contribution in [0, 0.1) is 0 Å². The van der Waals surface area contributed by atoms with E-state index in [2.05, 4.69) is 20.3 Å². The van der Waals surface area contributed by atoms with Gasteiger partial charge in [0.25, 0.3) is 5.91 Å². The van der Waals surface area contributed by atoms with Crippen molar-refractivity contribution in [2.45, 2.75) is 23.8 Å². The number of ether oxygens (including phenoxy) is 2. The van der Waals surface area contributed by atoms with E-state index in [-0.39, 0.29) is 17.6 Å². The van der Waals surface area contributed by atoms with Crippen molar-refractivity contribution in [3.05, 3.63) is 30.3 Å². The first-order valence-corrected chi connectivity index (χ1v) is 8.98. The molecule has 0 bridgehead atoms. The highest BCUT2D eigenvalue weighted by molar-refractivity contribution is 8.01. The van der Waals surface area contributed by atoms with Crippen molar-refractivity contribution in [3.63, 3.8) is 0 Å². The van der Waals surface area contributed by atoms with Gasteiger partial charge in [0.05, 0.1) is 12.9 Å². The van der Waals surface area contributed by atoms with E-state index < -0.39 is 6.10 Å². The number of aromatic nitrogens is 2. The van der Waals surface area contributed by atoms with E-state index >= 15 is 0 Å². The minimum absolute atomic E-state index is 0.147. The van der Waals surface area contributed by atoms with Gasteiger partial charge in [-0.2, -0.15) is 0 Å². The number of esters is 1. The van der Waals surface area contributed by atoms with Gasteiger partial charge < -0.3 is 9.47 Å². The van der Waals surface area contributed by atoms with Crippen LogP contribution in [0.1, 0.15) is 13.3 Å². The molecule has 7 nitrogen and oxygen atoms in total. The molecule has 0 unspecified atom stereocenters. The largest absolute Gasteiger partial charge is 0.481 e. The summed E-state index contributed by atoms with van der Waals surface area (Å²) in [6.07, 6.45) is -0.105. The molecule has 1 amide bonds. The summed E-state index contributed by atoms with van der Waals surface area (Å²) in [5.74, 6) is 0.143. The van der Waals surface area contributed by atoms with Crippen molar-refractivity contribution in [2.24, 2.45) is 0 Å². The highest BCUT2D eigenvalue weighted by atomic mass is 32.2. The number of hydrogen-bond donors (Lipinski definition) is 1. The van der Waals surface area contributed by atoms with E-state index in [1.54, 1.807) is 12.1 Å². The Morgan fingerprint density at radius 1 is 1.29 bits per heavy atom. The fourth-order valence-electron chi connectivity index (χ4n) is 1.67. The van der Waals surface area contributed by atoms with E-state index in [1.807, 2.05) is 25.1 Å². The maximum absolute atomic E-state index is 12.3. The quantitative estimate of drug-likeness (QED) is 0.436. The molecule has 0 aliphatic heterocycles. The monoisotopic (exact) mass is 367 g/mol. The van der Waals surface area contributed by atoms with Crippen LogP contribution in [0.15, 0.2) is 34.7 Å². The molecule has 1 aromatic heterocycles. The van der Waals surface area contributed by atoms with Gasteiger partial charge in [0.2, 0.25) is 5.13 Å². The van der Waals surface area contributed by atoms with Crippen LogP contribution in [0.4, 0.5) is 5.13 Å². The lowest BCUT2D eigenvalue weighted by atomic mass is 10.2. The zero-order valence-electron chi connectivity index (χ0n) is 13.2. The number of methoxy groups -OCH3 is 1. The highest BCUT2D eigenvalue weighted by Gasteiger charge is 2.20. The normalized spacial score (nSPS) is 11.6. The number of para-hydroxylation sites is 1. The van der Waals surface area contributed by atoms with E-state index in [0.717, 1.165) is 0 Å². The van der Waals surface area contributed by atoms with Crippen molar-refractivity contribution >= 4 is 40.1 Å². The summed E-state index contributed by atoms with van der Waals surface area (Å²) < 4.78 is 10.8. The molecule has 2 aromatic rings. The molecule has 0 saturated carbocycles. The van der Waals surface area contributed by atoms with E-state index in [1.165, 1.54) is 30.2 Å². The average Bonchev–Trinajstić information content (AvgIpc) is 3.05. The summed E-state index contributed by atoms with van der Waals surface area (Å²) in [7, 11) is 1.33. The molecule has 9 heteroatoms. The molecular weight excluding hydrogens is 350 g/mol. The Balaban J connectivity index is 1.90. The predicted octanol–water partition coefficient (Wildman–Crippen LogP) is 2.60. The van der Waals surface area contributed by atoms with Gasteiger partial charge in [-0.25, -0.2) is 0 Å². The van der Waals surface area contributed by atoms with Crippen LogP contribution in [0.5, 0.6) is 5.75 Å². The molecule has 24 heavy (non-hydrogen) atoms. The number of hydrogen-bond acceptors (Lipinski definition) is 8. The fraction of sp³-hybridized carbons (Fsp3) is 0.333. The Labute approximate surface area is 147 Å². The molecule has 1 heterocycles. The second-order valence-electron chi connectivity index (χ2n) is 4.55. The first kappa shape index (κ1) is 18.2. The van der Waals surface area contributed by atoms with Gasteiger partial charge >= 0.3 is 5.97 Å². The van der Waals surface area contributed by atoms with E-state index in [4.69, 9.17) is 4.74 Å². The first-order valence-electron chi connectivity index (χ1n) is 7.18. The Hall–Kier alpha value is -2.13. The minimum Gasteiger partial charge on any atom is -0.481 e. The standard InChI is InChI=1S/C15H17N3O4S2/c1-3-11(22-10-7-5-4-6-8-10)13(20)16-14-17-18-15(24-14)23-9-12(19)21-2/h4-8,11H,3,9H2,1-2H3,(H,16,17,20)/t11-/m1/s1. The summed E-state index contributed by atoms with van der Waals surface area (Å²) in [5.41, 5.74) is 0. The zero-order valence-corrected chi connectivity index (χ0v) is 14.9. The van der Waals surface area contributed by atoms with Gasteiger partial charge in [0.1, 0.15) is 5.75 Å². The average molecular weight is 367 g/mol. The lowest BCUT2D eigenvalue weighted by Crippen LogP contribution is -2.32. The summed E-state index contributed by atoms with van der Waals surface area (Å²) in [6.45, 7) is 1.87. The van der Waals surface area contributed by atoms with E-state index in [0.29, 0.717) is 21.6 Å². The second kappa shape index (κ2) is 9.24. The van der Waals surface area contributed by atoms with Gasteiger partial charge in [-0.05, 0) is 18.6 Å². The summed E-state index contributed by atoms with van der Waals surface area (Å²) in [4.78, 5) is 23.4. The molecule has 0 radical (unpaired) electrons. The van der Waals surface area contributed by atoms with Gasteiger partial charge in [0.15, 0.2) is 10.4 Å². The number of rotatable bonds is 8. The SMILES string of the molecule is CC[C@@H](Oc1ccccc1)C(=O)Nc1nnc(SCC(=O)OC)s1. The van der Waals surface area contributed by atoms with Crippen molar-refractivity contribution in [1.29, 1.82) is 0 Å². The Bertz CT molecular complexity index is 678. The lowest BCUT2D eigenvalue weighted by molar-refractivity contribution is -0.137. The van der Waals surface area contributed by atoms with Crippen LogP contribution in [0.2, 0.25) is 0 Å². The van der Waals surface area contributed by atoms with Crippen LogP contribution < -0.4 is 10.1 Å². The number of amides is 1. The molecule has 0 fully saturated rings. The number of thioether (sulfide) groups is 1. The molecule has 0 saturated heterocycles. The van der Waals surface area contributed by atoms with Crippen LogP contribution in [0.25, 0.3) is 0 Å². The molecular formula is C15H17N3O4S2. The number of carbonyl (C=O) groups excluding carboxylic acids is 2. The maximum atomic E-state index is 12.3. The van der Waals surface area contributed by atoms with Crippen LogP contribution in [-0.4, -0.2) is 41.0 Å². The third-order valence-corrected chi connectivity index (χ3v) is 4.81. The van der Waals surface area contributed by atoms with Crippen LogP contribution >= 0.6 is 23.1 Å². The van der Waals surface area contributed by atoms with Crippen LogP contribution in [0.3, 0.4) is 0 Å². The predicted molar refractivity (Wildman–Crippen MR) is 92.4 cm³/mol. The van der Waals surface area contributed by atoms with Gasteiger partial charge in [0, 0.05) is 0 Å². The minimum atomic E-state index is -0.623.